The number of methoxy groups -OCH3 is 3. The van der Waals surface area contributed by atoms with Crippen LogP contribution in [0.1, 0.15) is 33.0 Å². The number of carbonyl (C=O) groups is 1. The molecule has 1 aliphatic rings. The van der Waals surface area contributed by atoms with Gasteiger partial charge in [-0.05, 0) is 23.3 Å². The van der Waals surface area contributed by atoms with Gasteiger partial charge in [0.05, 0.1) is 44.4 Å². The van der Waals surface area contributed by atoms with Gasteiger partial charge in [0.25, 0.3) is 0 Å². The van der Waals surface area contributed by atoms with Crippen molar-refractivity contribution in [2.75, 3.05) is 21.3 Å². The Hall–Kier alpha value is -3.00. The largest absolute Gasteiger partial charge is 0.497 e. The van der Waals surface area contributed by atoms with Crippen molar-refractivity contribution in [3.05, 3.63) is 52.6 Å². The van der Waals surface area contributed by atoms with E-state index in [2.05, 4.69) is 6.07 Å². The van der Waals surface area contributed by atoms with E-state index in [-0.39, 0.29) is 5.78 Å². The molecule has 0 aromatic heterocycles. The number of rotatable bonds is 3. The lowest BCUT2D eigenvalue weighted by molar-refractivity contribution is 0.102. The van der Waals surface area contributed by atoms with E-state index in [9.17, 15) is 10.1 Å². The topological polar surface area (TPSA) is 68.6 Å². The van der Waals surface area contributed by atoms with Crippen LogP contribution in [0.15, 0.2) is 30.3 Å². The minimum absolute atomic E-state index is 0.210. The SMILES string of the molecule is COc1cc(OC)c2c(c1)C(C#N)c1cccc(OC)c1C2=O. The first-order valence-corrected chi connectivity index (χ1v) is 7.03. The molecule has 0 saturated heterocycles. The summed E-state index contributed by atoms with van der Waals surface area (Å²) in [5.74, 6) is 0.590. The van der Waals surface area contributed by atoms with E-state index in [0.717, 1.165) is 0 Å². The fourth-order valence-corrected chi connectivity index (χ4v) is 2.99. The maximum atomic E-state index is 13.0. The van der Waals surface area contributed by atoms with E-state index in [0.29, 0.717) is 39.5 Å². The van der Waals surface area contributed by atoms with Crippen LogP contribution in [0, 0.1) is 11.3 Å². The third-order valence-corrected chi connectivity index (χ3v) is 4.05. The molecule has 2 aromatic rings. The van der Waals surface area contributed by atoms with Crippen LogP contribution in [0.4, 0.5) is 0 Å². The average molecular weight is 309 g/mol. The van der Waals surface area contributed by atoms with Gasteiger partial charge < -0.3 is 14.2 Å². The van der Waals surface area contributed by atoms with E-state index in [1.165, 1.54) is 21.3 Å². The number of carbonyl (C=O) groups excluding carboxylic acids is 1. The van der Waals surface area contributed by atoms with E-state index < -0.39 is 5.92 Å². The zero-order chi connectivity index (χ0) is 16.6. The van der Waals surface area contributed by atoms with Crippen LogP contribution >= 0.6 is 0 Å². The van der Waals surface area contributed by atoms with Gasteiger partial charge in [-0.3, -0.25) is 4.79 Å². The van der Waals surface area contributed by atoms with Crippen LogP contribution in [-0.2, 0) is 0 Å². The molecular formula is C18H15NO4. The molecule has 0 N–H and O–H groups in total. The minimum atomic E-state index is -0.586. The first-order valence-electron chi connectivity index (χ1n) is 7.03. The van der Waals surface area contributed by atoms with Crippen LogP contribution in [0.25, 0.3) is 0 Å². The molecule has 0 heterocycles. The predicted molar refractivity (Wildman–Crippen MR) is 83.4 cm³/mol. The highest BCUT2D eigenvalue weighted by Gasteiger charge is 2.36. The zero-order valence-electron chi connectivity index (χ0n) is 13.0. The van der Waals surface area contributed by atoms with Gasteiger partial charge in [-0.25, -0.2) is 0 Å². The van der Waals surface area contributed by atoms with Crippen molar-refractivity contribution in [2.45, 2.75) is 5.92 Å². The Bertz CT molecular complexity index is 836. The smallest absolute Gasteiger partial charge is 0.201 e. The first kappa shape index (κ1) is 14.9. The summed E-state index contributed by atoms with van der Waals surface area (Å²) in [6, 6.07) is 10.9. The van der Waals surface area contributed by atoms with Crippen molar-refractivity contribution < 1.29 is 19.0 Å². The minimum Gasteiger partial charge on any atom is -0.497 e. The first-order chi connectivity index (χ1) is 11.2. The maximum absolute atomic E-state index is 13.0. The molecule has 0 amide bonds. The Morgan fingerprint density at radius 3 is 2.26 bits per heavy atom. The second kappa shape index (κ2) is 5.65. The number of ketones is 1. The van der Waals surface area contributed by atoms with Crippen LogP contribution < -0.4 is 14.2 Å². The van der Waals surface area contributed by atoms with Gasteiger partial charge in [-0.1, -0.05) is 12.1 Å². The monoisotopic (exact) mass is 309 g/mol. The van der Waals surface area contributed by atoms with Crippen molar-refractivity contribution in [1.29, 1.82) is 5.26 Å². The lowest BCUT2D eigenvalue weighted by Gasteiger charge is -2.26. The van der Waals surface area contributed by atoms with Crippen LogP contribution in [0.5, 0.6) is 17.2 Å². The van der Waals surface area contributed by atoms with Gasteiger partial charge in [0.2, 0.25) is 5.78 Å². The standard InChI is InChI=1S/C18H15NO4/c1-21-10-7-12-13(9-19)11-5-4-6-14(22-2)16(11)18(20)17(12)15(8-10)23-3/h4-8,13H,1-3H3. The molecule has 5 nitrogen and oxygen atoms in total. The summed E-state index contributed by atoms with van der Waals surface area (Å²) < 4.78 is 15.9. The van der Waals surface area contributed by atoms with E-state index in [4.69, 9.17) is 14.2 Å². The summed E-state index contributed by atoms with van der Waals surface area (Å²) >= 11 is 0. The van der Waals surface area contributed by atoms with E-state index in [1.807, 2.05) is 0 Å². The third-order valence-electron chi connectivity index (χ3n) is 4.05. The fourth-order valence-electron chi connectivity index (χ4n) is 2.99. The van der Waals surface area contributed by atoms with Crippen LogP contribution in [-0.4, -0.2) is 27.1 Å². The Balaban J connectivity index is 2.36. The fraction of sp³-hybridized carbons (Fsp3) is 0.222. The molecule has 1 unspecified atom stereocenters. The van der Waals surface area contributed by atoms with Gasteiger partial charge in [0.1, 0.15) is 17.2 Å². The molecule has 23 heavy (non-hydrogen) atoms. The molecule has 0 bridgehead atoms. The molecule has 116 valence electrons. The van der Waals surface area contributed by atoms with Gasteiger partial charge in [-0.2, -0.15) is 5.26 Å². The van der Waals surface area contributed by atoms with Crippen molar-refractivity contribution in [3.63, 3.8) is 0 Å². The number of hydrogen-bond donors (Lipinski definition) is 0. The highest BCUT2D eigenvalue weighted by molar-refractivity contribution is 6.16. The number of nitrogens with zero attached hydrogens (tertiary/aromatic N) is 1. The highest BCUT2D eigenvalue weighted by atomic mass is 16.5. The molecule has 0 fully saturated rings. The summed E-state index contributed by atoms with van der Waals surface area (Å²) in [4.78, 5) is 13.0. The van der Waals surface area contributed by atoms with Crippen LogP contribution in [0.3, 0.4) is 0 Å². The van der Waals surface area contributed by atoms with Gasteiger partial charge >= 0.3 is 0 Å². The van der Waals surface area contributed by atoms with Crippen molar-refractivity contribution in [3.8, 4) is 23.3 Å². The molecule has 5 heteroatoms. The Morgan fingerprint density at radius 1 is 0.957 bits per heavy atom. The number of fused-ring (bicyclic) bond motifs is 2. The Kier molecular flexibility index (Phi) is 3.67. The molecule has 1 aliphatic carbocycles. The number of nitriles is 1. The Labute approximate surface area is 134 Å². The molecular weight excluding hydrogens is 294 g/mol. The Morgan fingerprint density at radius 2 is 1.65 bits per heavy atom. The molecule has 0 radical (unpaired) electrons. The molecule has 3 rings (SSSR count). The second-order valence-corrected chi connectivity index (χ2v) is 5.11. The second-order valence-electron chi connectivity index (χ2n) is 5.11. The number of hydrogen-bond acceptors (Lipinski definition) is 5. The highest BCUT2D eigenvalue weighted by Crippen LogP contribution is 2.44. The molecule has 0 spiro atoms. The molecule has 1 atom stereocenters. The lowest BCUT2D eigenvalue weighted by atomic mass is 9.77. The summed E-state index contributed by atoms with van der Waals surface area (Å²) in [6.07, 6.45) is 0. The van der Waals surface area contributed by atoms with Gasteiger partial charge in [-0.15, -0.1) is 0 Å². The normalized spacial score (nSPS) is 15.2. The quantitative estimate of drug-likeness (QED) is 0.872. The molecule has 0 saturated carbocycles. The average Bonchev–Trinajstić information content (AvgIpc) is 2.60. The number of ether oxygens (including phenoxy) is 3. The zero-order valence-corrected chi connectivity index (χ0v) is 13.0. The van der Waals surface area contributed by atoms with Crippen LogP contribution in [0.2, 0.25) is 0 Å². The van der Waals surface area contributed by atoms with Crippen molar-refractivity contribution >= 4 is 5.78 Å². The third kappa shape index (κ3) is 2.11. The maximum Gasteiger partial charge on any atom is 0.201 e. The van der Waals surface area contributed by atoms with Gasteiger partial charge in [0, 0.05) is 6.07 Å². The summed E-state index contributed by atoms with van der Waals surface area (Å²) in [5, 5.41) is 9.68. The molecule has 2 aromatic carbocycles. The van der Waals surface area contributed by atoms with Gasteiger partial charge in [0.15, 0.2) is 0 Å². The van der Waals surface area contributed by atoms with E-state index in [1.54, 1.807) is 30.3 Å². The molecule has 0 aliphatic heterocycles. The summed E-state index contributed by atoms with van der Waals surface area (Å²) in [6.45, 7) is 0. The summed E-state index contributed by atoms with van der Waals surface area (Å²) in [5.41, 5.74) is 2.03. The predicted octanol–water partition coefficient (Wildman–Crippen LogP) is 2.91. The van der Waals surface area contributed by atoms with Crippen molar-refractivity contribution in [2.24, 2.45) is 0 Å². The summed E-state index contributed by atoms with van der Waals surface area (Å²) in [7, 11) is 4.52. The van der Waals surface area contributed by atoms with E-state index >= 15 is 0 Å². The lowest BCUT2D eigenvalue weighted by Crippen LogP contribution is -2.20. The van der Waals surface area contributed by atoms with Crippen molar-refractivity contribution in [1.82, 2.24) is 0 Å². The number of benzene rings is 2.